The number of rotatable bonds is 4. The van der Waals surface area contributed by atoms with Gasteiger partial charge in [-0.1, -0.05) is 6.42 Å². The topological polar surface area (TPSA) is 54.2 Å². The lowest BCUT2D eigenvalue weighted by Gasteiger charge is -2.24. The van der Waals surface area contributed by atoms with Crippen LogP contribution >= 0.6 is 0 Å². The van der Waals surface area contributed by atoms with Crippen LogP contribution in [0.5, 0.6) is 0 Å². The van der Waals surface area contributed by atoms with Crippen LogP contribution in [0.15, 0.2) is 4.52 Å². The van der Waals surface area contributed by atoms with Gasteiger partial charge in [-0.25, -0.2) is 0 Å². The fourth-order valence-electron chi connectivity index (χ4n) is 3.04. The van der Waals surface area contributed by atoms with Gasteiger partial charge in [0.2, 0.25) is 5.89 Å². The third kappa shape index (κ3) is 3.47. The molecule has 0 radical (unpaired) electrons. The first-order valence-electron chi connectivity index (χ1n) is 7.73. The molecule has 5 heteroatoms. The predicted molar refractivity (Wildman–Crippen MR) is 74.3 cm³/mol. The van der Waals surface area contributed by atoms with Gasteiger partial charge >= 0.3 is 0 Å². The second kappa shape index (κ2) is 6.37. The van der Waals surface area contributed by atoms with E-state index in [9.17, 15) is 0 Å². The lowest BCUT2D eigenvalue weighted by molar-refractivity contribution is 0.342. The van der Waals surface area contributed by atoms with Crippen LogP contribution in [-0.2, 0) is 6.42 Å². The fourth-order valence-corrected chi connectivity index (χ4v) is 3.04. The minimum atomic E-state index is 0.638. The molecule has 2 aliphatic heterocycles. The van der Waals surface area contributed by atoms with E-state index in [1.807, 2.05) is 0 Å². The molecule has 2 aliphatic rings. The van der Waals surface area contributed by atoms with E-state index < -0.39 is 0 Å². The van der Waals surface area contributed by atoms with Crippen molar-refractivity contribution >= 4 is 5.95 Å². The van der Waals surface area contributed by atoms with Crippen molar-refractivity contribution in [2.45, 2.75) is 57.4 Å². The lowest BCUT2D eigenvalue weighted by Crippen LogP contribution is -2.34. The second-order valence-electron chi connectivity index (χ2n) is 5.72. The molecule has 2 saturated heterocycles. The molecule has 0 spiro atoms. The first-order valence-corrected chi connectivity index (χ1v) is 7.73. The van der Waals surface area contributed by atoms with Gasteiger partial charge in [-0.2, -0.15) is 4.98 Å². The number of piperidine rings is 2. The van der Waals surface area contributed by atoms with Crippen molar-refractivity contribution in [3.8, 4) is 0 Å². The predicted octanol–water partition coefficient (Wildman–Crippen LogP) is 2.13. The lowest BCUT2D eigenvalue weighted by atomic mass is 10.0. The quantitative estimate of drug-likeness (QED) is 0.903. The highest BCUT2D eigenvalue weighted by molar-refractivity contribution is 5.27. The minimum Gasteiger partial charge on any atom is -0.338 e. The summed E-state index contributed by atoms with van der Waals surface area (Å²) in [7, 11) is 0. The number of nitrogens with one attached hydrogen (secondary N) is 1. The van der Waals surface area contributed by atoms with Crippen LogP contribution in [-0.4, -0.2) is 35.8 Å². The largest absolute Gasteiger partial charge is 0.338 e. The van der Waals surface area contributed by atoms with Gasteiger partial charge in [-0.05, 0) is 50.2 Å². The number of anilines is 1. The SMILES string of the molecule is C1CCN(c2noc(CCC3CCCCN3)n2)CC1. The monoisotopic (exact) mass is 264 g/mol. The van der Waals surface area contributed by atoms with E-state index in [4.69, 9.17) is 4.52 Å². The molecule has 3 rings (SSSR count). The summed E-state index contributed by atoms with van der Waals surface area (Å²) < 4.78 is 5.38. The Morgan fingerprint density at radius 2 is 2.05 bits per heavy atom. The van der Waals surface area contributed by atoms with Gasteiger partial charge in [-0.15, -0.1) is 0 Å². The van der Waals surface area contributed by atoms with Gasteiger partial charge in [0.1, 0.15) is 0 Å². The normalized spacial score (nSPS) is 24.6. The third-order valence-corrected chi connectivity index (χ3v) is 4.22. The van der Waals surface area contributed by atoms with E-state index >= 15 is 0 Å². The van der Waals surface area contributed by atoms with Crippen LogP contribution in [0.25, 0.3) is 0 Å². The summed E-state index contributed by atoms with van der Waals surface area (Å²) in [5, 5.41) is 7.68. The van der Waals surface area contributed by atoms with Crippen LogP contribution < -0.4 is 10.2 Å². The zero-order chi connectivity index (χ0) is 12.9. The highest BCUT2D eigenvalue weighted by Crippen LogP contribution is 2.18. The van der Waals surface area contributed by atoms with E-state index in [1.54, 1.807) is 0 Å². The van der Waals surface area contributed by atoms with Gasteiger partial charge in [0.25, 0.3) is 5.95 Å². The van der Waals surface area contributed by atoms with Crippen LogP contribution in [0.2, 0.25) is 0 Å². The third-order valence-electron chi connectivity index (χ3n) is 4.22. The Kier molecular flexibility index (Phi) is 4.33. The maximum absolute atomic E-state index is 5.38. The Morgan fingerprint density at radius 3 is 2.84 bits per heavy atom. The first kappa shape index (κ1) is 12.9. The summed E-state index contributed by atoms with van der Waals surface area (Å²) in [5.41, 5.74) is 0. The summed E-state index contributed by atoms with van der Waals surface area (Å²) in [5.74, 6) is 1.60. The Labute approximate surface area is 114 Å². The van der Waals surface area contributed by atoms with Gasteiger partial charge in [-0.3, -0.25) is 0 Å². The Hall–Kier alpha value is -1.10. The smallest absolute Gasteiger partial charge is 0.266 e. The van der Waals surface area contributed by atoms with E-state index in [1.165, 1.54) is 38.5 Å². The van der Waals surface area contributed by atoms with Crippen molar-refractivity contribution in [2.75, 3.05) is 24.5 Å². The van der Waals surface area contributed by atoms with Crippen LogP contribution in [0, 0.1) is 0 Å². The average molecular weight is 264 g/mol. The van der Waals surface area contributed by atoms with Gasteiger partial charge in [0.15, 0.2) is 0 Å². The summed E-state index contributed by atoms with van der Waals surface area (Å²) in [6.07, 6.45) is 9.78. The van der Waals surface area contributed by atoms with Crippen LogP contribution in [0.3, 0.4) is 0 Å². The van der Waals surface area contributed by atoms with Crippen molar-refractivity contribution < 1.29 is 4.52 Å². The van der Waals surface area contributed by atoms with E-state index in [2.05, 4.69) is 20.4 Å². The summed E-state index contributed by atoms with van der Waals surface area (Å²) in [6, 6.07) is 0.638. The van der Waals surface area contributed by atoms with Crippen LogP contribution in [0.4, 0.5) is 5.95 Å². The minimum absolute atomic E-state index is 0.638. The molecular formula is C14H24N4O. The molecule has 106 valence electrons. The highest BCUT2D eigenvalue weighted by atomic mass is 16.5. The zero-order valence-corrected chi connectivity index (χ0v) is 11.6. The summed E-state index contributed by atoms with van der Waals surface area (Å²) >= 11 is 0. The molecular weight excluding hydrogens is 240 g/mol. The summed E-state index contributed by atoms with van der Waals surface area (Å²) in [4.78, 5) is 6.78. The standard InChI is InChI=1S/C14H24N4O/c1-4-10-18(11-5-1)14-16-13(19-17-14)8-7-12-6-2-3-9-15-12/h12,15H,1-11H2. The number of hydrogen-bond acceptors (Lipinski definition) is 5. The second-order valence-corrected chi connectivity index (χ2v) is 5.72. The first-order chi connectivity index (χ1) is 9.42. The van der Waals surface area contributed by atoms with Crippen molar-refractivity contribution in [1.82, 2.24) is 15.5 Å². The molecule has 1 N–H and O–H groups in total. The van der Waals surface area contributed by atoms with E-state index in [0.29, 0.717) is 6.04 Å². The maximum Gasteiger partial charge on any atom is 0.266 e. The van der Waals surface area contributed by atoms with E-state index in [-0.39, 0.29) is 0 Å². The molecule has 1 atom stereocenters. The number of nitrogens with zero attached hydrogens (tertiary/aromatic N) is 3. The Balaban J connectivity index is 1.49. The molecule has 5 nitrogen and oxygen atoms in total. The molecule has 19 heavy (non-hydrogen) atoms. The Morgan fingerprint density at radius 1 is 1.16 bits per heavy atom. The van der Waals surface area contributed by atoms with Crippen molar-refractivity contribution in [3.05, 3.63) is 5.89 Å². The highest BCUT2D eigenvalue weighted by Gasteiger charge is 2.18. The average Bonchev–Trinajstić information content (AvgIpc) is 2.96. The van der Waals surface area contributed by atoms with Gasteiger partial charge in [0, 0.05) is 25.6 Å². The molecule has 0 saturated carbocycles. The molecule has 0 aromatic carbocycles. The fraction of sp³-hybridized carbons (Fsp3) is 0.857. The number of aryl methyl sites for hydroxylation is 1. The number of hydrogen-bond donors (Lipinski definition) is 1. The molecule has 0 amide bonds. The molecule has 0 bridgehead atoms. The van der Waals surface area contributed by atoms with E-state index in [0.717, 1.165) is 44.3 Å². The molecule has 1 aromatic rings. The molecule has 1 aromatic heterocycles. The zero-order valence-electron chi connectivity index (χ0n) is 11.6. The van der Waals surface area contributed by atoms with Crippen molar-refractivity contribution in [3.63, 3.8) is 0 Å². The van der Waals surface area contributed by atoms with Gasteiger partial charge in [0.05, 0.1) is 0 Å². The van der Waals surface area contributed by atoms with Gasteiger partial charge < -0.3 is 14.7 Å². The molecule has 3 heterocycles. The summed E-state index contributed by atoms with van der Waals surface area (Å²) in [6.45, 7) is 3.31. The van der Waals surface area contributed by atoms with Crippen molar-refractivity contribution in [2.24, 2.45) is 0 Å². The molecule has 1 unspecified atom stereocenters. The maximum atomic E-state index is 5.38. The Bertz CT molecular complexity index is 381. The number of aromatic nitrogens is 2. The molecule has 0 aliphatic carbocycles. The van der Waals surface area contributed by atoms with Crippen LogP contribution in [0.1, 0.15) is 50.8 Å². The van der Waals surface area contributed by atoms with Crippen molar-refractivity contribution in [1.29, 1.82) is 0 Å². The molecule has 2 fully saturated rings.